The molecule has 0 saturated carbocycles. The number of rotatable bonds is 3. The third-order valence-electron chi connectivity index (χ3n) is 4.14. The van der Waals surface area contributed by atoms with Gasteiger partial charge in [-0.05, 0) is 29.3 Å². The molecule has 0 saturated heterocycles. The summed E-state index contributed by atoms with van der Waals surface area (Å²) in [6.45, 7) is 0.0479. The number of nitrogens with zero attached hydrogens (tertiary/aromatic N) is 1. The molecule has 0 aromatic heterocycles. The van der Waals surface area contributed by atoms with E-state index >= 15 is 0 Å². The van der Waals surface area contributed by atoms with Crippen molar-refractivity contribution in [2.24, 2.45) is 0 Å². The van der Waals surface area contributed by atoms with Gasteiger partial charge in [0.15, 0.2) is 11.5 Å². The Morgan fingerprint density at radius 3 is 2.88 bits per heavy atom. The monoisotopic (exact) mass is 344 g/mol. The van der Waals surface area contributed by atoms with E-state index in [1.807, 2.05) is 0 Å². The van der Waals surface area contributed by atoms with Crippen molar-refractivity contribution in [3.8, 4) is 11.5 Å². The molecule has 7 heteroatoms. The first-order chi connectivity index (χ1) is 11.5. The maximum absolute atomic E-state index is 12.3. The number of hydrogen-bond acceptors (Lipinski definition) is 5. The van der Waals surface area contributed by atoms with Crippen LogP contribution in [0.3, 0.4) is 0 Å². The van der Waals surface area contributed by atoms with Crippen molar-refractivity contribution in [3.63, 3.8) is 0 Å². The molecule has 0 unspecified atom stereocenters. The normalized spacial score (nSPS) is 14.9. The zero-order valence-corrected chi connectivity index (χ0v) is 13.1. The van der Waals surface area contributed by atoms with Gasteiger partial charge in [0.2, 0.25) is 12.7 Å². The van der Waals surface area contributed by atoms with Gasteiger partial charge in [0.05, 0.1) is 18.9 Å². The second kappa shape index (κ2) is 5.42. The summed E-state index contributed by atoms with van der Waals surface area (Å²) in [5.41, 5.74) is 1.88. The topological polar surface area (TPSA) is 78.9 Å². The number of carbonyl (C=O) groups excluding carboxylic acids is 2. The van der Waals surface area contributed by atoms with Gasteiger partial charge in [-0.3, -0.25) is 4.79 Å². The van der Waals surface area contributed by atoms with Crippen LogP contribution in [0.4, 0.5) is 5.69 Å². The summed E-state index contributed by atoms with van der Waals surface area (Å²) >= 11 is 6.02. The number of carbonyl (C=O) groups is 2. The summed E-state index contributed by atoms with van der Waals surface area (Å²) in [7, 11) is 0. The van der Waals surface area contributed by atoms with Crippen molar-refractivity contribution in [1.82, 2.24) is 0 Å². The van der Waals surface area contributed by atoms with E-state index in [1.165, 1.54) is 4.90 Å². The molecule has 6 nitrogen and oxygen atoms in total. The molecule has 0 spiro atoms. The first-order valence-electron chi connectivity index (χ1n) is 7.26. The van der Waals surface area contributed by atoms with Crippen molar-refractivity contribution in [1.29, 1.82) is 0 Å². The fourth-order valence-corrected chi connectivity index (χ4v) is 3.21. The summed E-state index contributed by atoms with van der Waals surface area (Å²) in [6, 6.07) is 8.46. The third-order valence-corrected chi connectivity index (χ3v) is 4.37. The molecule has 4 rings (SSSR count). The van der Waals surface area contributed by atoms with E-state index < -0.39 is 5.97 Å². The third kappa shape index (κ3) is 2.27. The quantitative estimate of drug-likeness (QED) is 0.843. The lowest BCUT2D eigenvalue weighted by atomic mass is 10.0. The Labute approximate surface area is 142 Å². The van der Waals surface area contributed by atoms with Crippen LogP contribution in [0.5, 0.6) is 11.5 Å². The van der Waals surface area contributed by atoms with Gasteiger partial charge in [-0.2, -0.15) is 0 Å². The summed E-state index contributed by atoms with van der Waals surface area (Å²) in [6.07, 6.45) is 0.262. The van der Waals surface area contributed by atoms with E-state index in [-0.39, 0.29) is 37.0 Å². The number of hydrogen-bond donors (Lipinski definition) is 0. The van der Waals surface area contributed by atoms with Gasteiger partial charge in [0.1, 0.15) is 0 Å². The van der Waals surface area contributed by atoms with Crippen LogP contribution < -0.4 is 19.5 Å². The summed E-state index contributed by atoms with van der Waals surface area (Å²) in [4.78, 5) is 25.4. The minimum absolute atomic E-state index is 0.0415. The Morgan fingerprint density at radius 1 is 1.25 bits per heavy atom. The minimum Gasteiger partial charge on any atom is -0.545 e. The van der Waals surface area contributed by atoms with Gasteiger partial charge in [0.25, 0.3) is 0 Å². The van der Waals surface area contributed by atoms with E-state index in [4.69, 9.17) is 21.1 Å². The lowest BCUT2D eigenvalue weighted by molar-refractivity contribution is -0.255. The number of carboxylic acids is 1. The van der Waals surface area contributed by atoms with E-state index in [2.05, 4.69) is 0 Å². The SMILES string of the molecule is O=C([O-])c1c(CN2C(=O)Cc3ccc(Cl)cc32)ccc2c1OCO2. The lowest BCUT2D eigenvalue weighted by Crippen LogP contribution is -2.29. The van der Waals surface area contributed by atoms with Gasteiger partial charge in [0, 0.05) is 16.3 Å². The molecule has 0 aliphatic carbocycles. The van der Waals surface area contributed by atoms with Crippen LogP contribution >= 0.6 is 11.6 Å². The smallest absolute Gasteiger partial charge is 0.231 e. The second-order valence-electron chi connectivity index (χ2n) is 5.55. The number of anilines is 1. The number of benzene rings is 2. The highest BCUT2D eigenvalue weighted by Gasteiger charge is 2.29. The van der Waals surface area contributed by atoms with Crippen LogP contribution in [0, 0.1) is 0 Å². The Morgan fingerprint density at radius 2 is 2.08 bits per heavy atom. The largest absolute Gasteiger partial charge is 0.545 e. The van der Waals surface area contributed by atoms with Gasteiger partial charge >= 0.3 is 0 Å². The maximum atomic E-state index is 12.3. The molecule has 2 aliphatic rings. The Hall–Kier alpha value is -2.73. The number of fused-ring (bicyclic) bond motifs is 2. The molecule has 0 atom stereocenters. The van der Waals surface area contributed by atoms with E-state index in [0.717, 1.165) is 5.56 Å². The molecule has 2 aromatic rings. The van der Waals surface area contributed by atoms with Gasteiger partial charge in [-0.15, -0.1) is 0 Å². The van der Waals surface area contributed by atoms with E-state index in [9.17, 15) is 14.7 Å². The fourth-order valence-electron chi connectivity index (χ4n) is 3.04. The molecular formula is C17H11ClNO5-. The van der Waals surface area contributed by atoms with Crippen molar-refractivity contribution in [2.75, 3.05) is 11.7 Å². The molecule has 0 fully saturated rings. The van der Waals surface area contributed by atoms with Crippen molar-refractivity contribution in [2.45, 2.75) is 13.0 Å². The summed E-state index contributed by atoms with van der Waals surface area (Å²) < 4.78 is 10.4. The molecule has 24 heavy (non-hydrogen) atoms. The van der Waals surface area contributed by atoms with E-state index in [1.54, 1.807) is 30.3 Å². The molecule has 2 aromatic carbocycles. The van der Waals surface area contributed by atoms with Gasteiger partial charge < -0.3 is 24.3 Å². The predicted octanol–water partition coefficient (Wildman–Crippen LogP) is 1.52. The Kier molecular flexibility index (Phi) is 3.35. The Bertz CT molecular complexity index is 880. The number of ether oxygens (including phenoxy) is 2. The molecule has 2 heterocycles. The molecule has 0 N–H and O–H groups in total. The molecule has 0 bridgehead atoms. The summed E-state index contributed by atoms with van der Waals surface area (Å²) in [5, 5.41) is 12.1. The van der Waals surface area contributed by atoms with Crippen LogP contribution in [0.1, 0.15) is 21.5 Å². The predicted molar refractivity (Wildman–Crippen MR) is 83.2 cm³/mol. The van der Waals surface area contributed by atoms with Crippen LogP contribution in [-0.4, -0.2) is 18.7 Å². The number of carboxylic acid groups (broad SMARTS) is 1. The van der Waals surface area contributed by atoms with Crippen molar-refractivity contribution < 1.29 is 24.2 Å². The number of amides is 1. The van der Waals surface area contributed by atoms with Gasteiger partial charge in [-0.1, -0.05) is 23.7 Å². The highest BCUT2D eigenvalue weighted by Crippen LogP contribution is 2.39. The highest BCUT2D eigenvalue weighted by atomic mass is 35.5. The zero-order chi connectivity index (χ0) is 16.8. The first-order valence-corrected chi connectivity index (χ1v) is 7.64. The van der Waals surface area contributed by atoms with Crippen LogP contribution in [0.2, 0.25) is 5.02 Å². The summed E-state index contributed by atoms with van der Waals surface area (Å²) in [5.74, 6) is -0.987. The van der Waals surface area contributed by atoms with Crippen LogP contribution in [0.25, 0.3) is 0 Å². The zero-order valence-electron chi connectivity index (χ0n) is 12.4. The minimum atomic E-state index is -1.37. The van der Waals surface area contributed by atoms with Crippen LogP contribution in [0.15, 0.2) is 30.3 Å². The lowest BCUT2D eigenvalue weighted by Gasteiger charge is -2.21. The molecule has 0 radical (unpaired) electrons. The average molecular weight is 345 g/mol. The van der Waals surface area contributed by atoms with Crippen molar-refractivity contribution in [3.05, 3.63) is 52.0 Å². The highest BCUT2D eigenvalue weighted by molar-refractivity contribution is 6.31. The molecule has 122 valence electrons. The average Bonchev–Trinajstić information content (AvgIpc) is 3.12. The fraction of sp³-hybridized carbons (Fsp3) is 0.176. The first kappa shape index (κ1) is 14.8. The van der Waals surface area contributed by atoms with Gasteiger partial charge in [-0.25, -0.2) is 0 Å². The Balaban J connectivity index is 1.76. The molecular weight excluding hydrogens is 334 g/mol. The van der Waals surface area contributed by atoms with Crippen LogP contribution in [-0.2, 0) is 17.8 Å². The second-order valence-corrected chi connectivity index (χ2v) is 5.99. The molecule has 2 aliphatic heterocycles. The molecule has 1 amide bonds. The maximum Gasteiger partial charge on any atom is 0.231 e. The number of aromatic carboxylic acids is 1. The number of halogens is 1. The standard InChI is InChI=1S/C17H12ClNO5/c18-11-3-1-9-5-14(20)19(12(9)6-11)7-10-2-4-13-16(24-8-23-13)15(10)17(21)22/h1-4,6H,5,7-8H2,(H,21,22)/p-1. The van der Waals surface area contributed by atoms with E-state index in [0.29, 0.717) is 22.0 Å². The van der Waals surface area contributed by atoms with Crippen molar-refractivity contribution >= 4 is 29.2 Å².